The largest absolute Gasteiger partial charge is 0.313 e. The van der Waals surface area contributed by atoms with Crippen LogP contribution in [0.3, 0.4) is 0 Å². The molecule has 0 aromatic heterocycles. The lowest BCUT2D eigenvalue weighted by atomic mass is 10.0. The SMILES string of the molecule is C=C(C)CN(C)C(CNC(C)C)c1ccccc1. The first kappa shape index (κ1) is 14.9. The van der Waals surface area contributed by atoms with Gasteiger partial charge in [-0.05, 0) is 19.5 Å². The lowest BCUT2D eigenvalue weighted by Crippen LogP contribution is -2.36. The molecular formula is C16H26N2. The van der Waals surface area contributed by atoms with Crippen LogP contribution in [0.4, 0.5) is 0 Å². The van der Waals surface area contributed by atoms with E-state index >= 15 is 0 Å². The third-order valence-electron chi connectivity index (χ3n) is 2.96. The molecule has 0 aliphatic heterocycles. The smallest absolute Gasteiger partial charge is 0.0473 e. The van der Waals surface area contributed by atoms with Crippen LogP contribution in [0.2, 0.25) is 0 Å². The molecule has 1 aromatic rings. The van der Waals surface area contributed by atoms with E-state index in [4.69, 9.17) is 0 Å². The molecule has 0 spiro atoms. The van der Waals surface area contributed by atoms with Gasteiger partial charge in [-0.3, -0.25) is 4.90 Å². The summed E-state index contributed by atoms with van der Waals surface area (Å²) in [5.74, 6) is 0. The second-order valence-electron chi connectivity index (χ2n) is 5.36. The highest BCUT2D eigenvalue weighted by Crippen LogP contribution is 2.19. The molecule has 0 bridgehead atoms. The monoisotopic (exact) mass is 246 g/mol. The molecular weight excluding hydrogens is 220 g/mol. The van der Waals surface area contributed by atoms with Crippen molar-refractivity contribution in [2.45, 2.75) is 32.9 Å². The zero-order valence-electron chi connectivity index (χ0n) is 12.1. The minimum absolute atomic E-state index is 0.394. The van der Waals surface area contributed by atoms with Gasteiger partial charge in [0.25, 0.3) is 0 Å². The van der Waals surface area contributed by atoms with Crippen LogP contribution >= 0.6 is 0 Å². The fraction of sp³-hybridized carbons (Fsp3) is 0.500. The number of hydrogen-bond donors (Lipinski definition) is 1. The summed E-state index contributed by atoms with van der Waals surface area (Å²) in [6, 6.07) is 11.6. The van der Waals surface area contributed by atoms with Gasteiger partial charge in [0, 0.05) is 25.2 Å². The molecule has 0 heterocycles. The summed E-state index contributed by atoms with van der Waals surface area (Å²) in [6.07, 6.45) is 0. The van der Waals surface area contributed by atoms with Crippen molar-refractivity contribution in [1.29, 1.82) is 0 Å². The molecule has 18 heavy (non-hydrogen) atoms. The number of nitrogens with one attached hydrogen (secondary N) is 1. The van der Waals surface area contributed by atoms with Crippen molar-refractivity contribution in [3.8, 4) is 0 Å². The molecule has 2 heteroatoms. The molecule has 2 nitrogen and oxygen atoms in total. The van der Waals surface area contributed by atoms with Gasteiger partial charge in [-0.15, -0.1) is 0 Å². The summed E-state index contributed by atoms with van der Waals surface area (Å²) in [5, 5.41) is 3.53. The second-order valence-corrected chi connectivity index (χ2v) is 5.36. The molecule has 0 aliphatic carbocycles. The van der Waals surface area contributed by atoms with Crippen molar-refractivity contribution < 1.29 is 0 Å². The number of hydrogen-bond acceptors (Lipinski definition) is 2. The van der Waals surface area contributed by atoms with Gasteiger partial charge in [0.1, 0.15) is 0 Å². The molecule has 1 unspecified atom stereocenters. The van der Waals surface area contributed by atoms with Gasteiger partial charge in [0.2, 0.25) is 0 Å². The van der Waals surface area contributed by atoms with E-state index in [0.29, 0.717) is 12.1 Å². The maximum atomic E-state index is 4.00. The standard InChI is InChI=1S/C16H26N2/c1-13(2)12-18(5)16(11-17-14(3)4)15-9-7-6-8-10-15/h6-10,14,16-17H,1,11-12H2,2-5H3. The Hall–Kier alpha value is -1.12. The Morgan fingerprint density at radius 2 is 1.89 bits per heavy atom. The van der Waals surface area contributed by atoms with E-state index in [1.807, 2.05) is 0 Å². The van der Waals surface area contributed by atoms with Crippen LogP contribution in [0, 0.1) is 0 Å². The molecule has 0 aliphatic rings. The zero-order valence-corrected chi connectivity index (χ0v) is 12.1. The first-order valence-electron chi connectivity index (χ1n) is 6.63. The van der Waals surface area contributed by atoms with Crippen LogP contribution in [0.5, 0.6) is 0 Å². The molecule has 1 rings (SSSR count). The predicted molar refractivity (Wildman–Crippen MR) is 79.8 cm³/mol. The van der Waals surface area contributed by atoms with Gasteiger partial charge in [0.05, 0.1) is 0 Å². The number of benzene rings is 1. The van der Waals surface area contributed by atoms with Crippen LogP contribution in [0.25, 0.3) is 0 Å². The summed E-state index contributed by atoms with van der Waals surface area (Å²) in [5.41, 5.74) is 2.55. The van der Waals surface area contributed by atoms with Crippen LogP contribution in [0.15, 0.2) is 42.5 Å². The van der Waals surface area contributed by atoms with Crippen molar-refractivity contribution in [2.75, 3.05) is 20.1 Å². The predicted octanol–water partition coefficient (Wildman–Crippen LogP) is 3.23. The van der Waals surface area contributed by atoms with E-state index in [1.54, 1.807) is 0 Å². The summed E-state index contributed by atoms with van der Waals surface area (Å²) in [7, 11) is 2.16. The van der Waals surface area contributed by atoms with E-state index in [0.717, 1.165) is 13.1 Å². The first-order chi connectivity index (χ1) is 8.50. The molecule has 0 radical (unpaired) electrons. The Labute approximate surface area is 112 Å². The highest BCUT2D eigenvalue weighted by molar-refractivity contribution is 5.19. The van der Waals surface area contributed by atoms with Gasteiger partial charge >= 0.3 is 0 Å². The molecule has 0 amide bonds. The summed E-state index contributed by atoms with van der Waals surface area (Å²) >= 11 is 0. The van der Waals surface area contributed by atoms with E-state index in [-0.39, 0.29) is 0 Å². The minimum atomic E-state index is 0.394. The maximum Gasteiger partial charge on any atom is 0.0473 e. The lowest BCUT2D eigenvalue weighted by molar-refractivity contribution is 0.252. The van der Waals surface area contributed by atoms with E-state index < -0.39 is 0 Å². The highest BCUT2D eigenvalue weighted by Gasteiger charge is 2.16. The van der Waals surface area contributed by atoms with Gasteiger partial charge in [-0.1, -0.05) is 56.3 Å². The molecule has 1 N–H and O–H groups in total. The van der Waals surface area contributed by atoms with Gasteiger partial charge in [-0.2, -0.15) is 0 Å². The van der Waals surface area contributed by atoms with Gasteiger partial charge < -0.3 is 5.32 Å². The van der Waals surface area contributed by atoms with Crippen molar-refractivity contribution in [3.63, 3.8) is 0 Å². The average Bonchev–Trinajstić information content (AvgIpc) is 2.29. The Balaban J connectivity index is 2.77. The normalized spacial score (nSPS) is 13.0. The van der Waals surface area contributed by atoms with Crippen LogP contribution in [-0.2, 0) is 0 Å². The van der Waals surface area contributed by atoms with E-state index in [1.165, 1.54) is 11.1 Å². The van der Waals surface area contributed by atoms with Crippen molar-refractivity contribution in [1.82, 2.24) is 10.2 Å². The topological polar surface area (TPSA) is 15.3 Å². The molecule has 1 aromatic carbocycles. The number of nitrogens with zero attached hydrogens (tertiary/aromatic N) is 1. The third kappa shape index (κ3) is 5.03. The summed E-state index contributed by atoms with van der Waals surface area (Å²) in [6.45, 7) is 12.3. The highest BCUT2D eigenvalue weighted by atomic mass is 15.1. The maximum absolute atomic E-state index is 4.00. The van der Waals surface area contributed by atoms with Crippen LogP contribution in [0.1, 0.15) is 32.4 Å². The number of rotatable bonds is 7. The molecule has 0 fully saturated rings. The van der Waals surface area contributed by atoms with Crippen LogP contribution < -0.4 is 5.32 Å². The Kier molecular flexibility index (Phi) is 6.10. The minimum Gasteiger partial charge on any atom is -0.313 e. The Bertz CT molecular complexity index is 357. The van der Waals surface area contributed by atoms with E-state index in [2.05, 4.69) is 74.9 Å². The Morgan fingerprint density at radius 3 is 2.39 bits per heavy atom. The average molecular weight is 246 g/mol. The fourth-order valence-corrected chi connectivity index (χ4v) is 2.09. The molecule has 100 valence electrons. The van der Waals surface area contributed by atoms with Crippen molar-refractivity contribution in [2.24, 2.45) is 0 Å². The summed E-state index contributed by atoms with van der Waals surface area (Å²) in [4.78, 5) is 2.35. The lowest BCUT2D eigenvalue weighted by Gasteiger charge is -2.29. The van der Waals surface area contributed by atoms with Gasteiger partial charge in [0.15, 0.2) is 0 Å². The fourth-order valence-electron chi connectivity index (χ4n) is 2.09. The Morgan fingerprint density at radius 1 is 1.28 bits per heavy atom. The van der Waals surface area contributed by atoms with Gasteiger partial charge in [-0.25, -0.2) is 0 Å². The molecule has 1 atom stereocenters. The van der Waals surface area contributed by atoms with Crippen molar-refractivity contribution >= 4 is 0 Å². The third-order valence-corrected chi connectivity index (χ3v) is 2.96. The second kappa shape index (κ2) is 7.34. The van der Waals surface area contributed by atoms with Crippen molar-refractivity contribution in [3.05, 3.63) is 48.0 Å². The van der Waals surface area contributed by atoms with Crippen LogP contribution in [-0.4, -0.2) is 31.1 Å². The van der Waals surface area contributed by atoms with E-state index in [9.17, 15) is 0 Å². The quantitative estimate of drug-likeness (QED) is 0.743. The zero-order chi connectivity index (χ0) is 13.5. The number of likely N-dealkylation sites (N-methyl/N-ethyl adjacent to an activating group) is 1. The molecule has 0 saturated carbocycles. The molecule has 0 saturated heterocycles. The summed E-state index contributed by atoms with van der Waals surface area (Å²) < 4.78 is 0. The first-order valence-corrected chi connectivity index (χ1v) is 6.63.